The molecule has 6 heteroatoms. The van der Waals surface area contributed by atoms with E-state index in [4.69, 9.17) is 10.5 Å². The van der Waals surface area contributed by atoms with E-state index in [1.165, 1.54) is 0 Å². The Bertz CT molecular complexity index is 600. The van der Waals surface area contributed by atoms with E-state index >= 15 is 0 Å². The lowest BCUT2D eigenvalue weighted by Crippen LogP contribution is -2.33. The van der Waals surface area contributed by atoms with Gasteiger partial charge in [-0.3, -0.25) is 4.98 Å². The van der Waals surface area contributed by atoms with Gasteiger partial charge in [0.15, 0.2) is 5.96 Å². The van der Waals surface area contributed by atoms with Crippen molar-refractivity contribution in [3.05, 3.63) is 54.0 Å². The quantitative estimate of drug-likeness (QED) is 0.598. The van der Waals surface area contributed by atoms with Crippen LogP contribution < -0.4 is 15.8 Å². The van der Waals surface area contributed by atoms with E-state index in [1.54, 1.807) is 12.4 Å². The van der Waals surface area contributed by atoms with Crippen molar-refractivity contribution in [2.75, 3.05) is 13.2 Å². The number of pyridine rings is 2. The molecule has 0 fully saturated rings. The highest BCUT2D eigenvalue weighted by Crippen LogP contribution is 2.14. The third-order valence-electron chi connectivity index (χ3n) is 2.96. The highest BCUT2D eigenvalue weighted by Gasteiger charge is 2.03. The smallest absolute Gasteiger partial charge is 0.218 e. The Morgan fingerprint density at radius 3 is 2.86 bits per heavy atom. The number of hydrogen-bond donors (Lipinski definition) is 2. The van der Waals surface area contributed by atoms with Crippen LogP contribution in [0, 0.1) is 0 Å². The minimum atomic E-state index is 0.405. The van der Waals surface area contributed by atoms with E-state index in [9.17, 15) is 0 Å². The van der Waals surface area contributed by atoms with Crippen LogP contribution in [0.5, 0.6) is 5.88 Å². The topological polar surface area (TPSA) is 85.4 Å². The second-order valence-electron chi connectivity index (χ2n) is 4.60. The fourth-order valence-electron chi connectivity index (χ4n) is 1.90. The summed E-state index contributed by atoms with van der Waals surface area (Å²) in [5.41, 5.74) is 7.80. The van der Waals surface area contributed by atoms with Crippen molar-refractivity contribution in [2.45, 2.75) is 19.9 Å². The molecule has 2 aromatic heterocycles. The number of aliphatic imine (C=N–C) groups is 1. The third-order valence-corrected chi connectivity index (χ3v) is 2.96. The van der Waals surface area contributed by atoms with Crippen LogP contribution in [0.25, 0.3) is 0 Å². The average molecular weight is 299 g/mol. The molecule has 3 N–H and O–H groups in total. The number of nitrogens with two attached hydrogens (primary N) is 1. The number of rotatable bonds is 7. The summed E-state index contributed by atoms with van der Waals surface area (Å²) in [6, 6.07) is 9.65. The molecule has 6 nitrogen and oxygen atoms in total. The number of guanidine groups is 1. The summed E-state index contributed by atoms with van der Waals surface area (Å²) in [6.07, 6.45) is 4.28. The highest BCUT2D eigenvalue weighted by molar-refractivity contribution is 5.77. The van der Waals surface area contributed by atoms with Crippen molar-refractivity contribution < 1.29 is 4.74 Å². The second-order valence-corrected chi connectivity index (χ2v) is 4.60. The van der Waals surface area contributed by atoms with Gasteiger partial charge in [-0.05, 0) is 25.1 Å². The minimum absolute atomic E-state index is 0.405. The van der Waals surface area contributed by atoms with E-state index in [0.717, 1.165) is 17.7 Å². The van der Waals surface area contributed by atoms with Gasteiger partial charge in [0.05, 0.1) is 13.2 Å². The summed E-state index contributed by atoms with van der Waals surface area (Å²) in [6.45, 7) is 3.63. The SMILES string of the molecule is CCOc1ncccc1CN=C(N)NCCc1ccccn1. The van der Waals surface area contributed by atoms with E-state index in [-0.39, 0.29) is 0 Å². The van der Waals surface area contributed by atoms with E-state index in [0.29, 0.717) is 31.5 Å². The molecule has 116 valence electrons. The molecule has 0 amide bonds. The number of aromatic nitrogens is 2. The summed E-state index contributed by atoms with van der Waals surface area (Å²) in [4.78, 5) is 12.8. The molecule has 0 saturated heterocycles. The van der Waals surface area contributed by atoms with E-state index in [2.05, 4.69) is 20.3 Å². The summed E-state index contributed by atoms with van der Waals surface area (Å²) < 4.78 is 5.46. The molecule has 0 aliphatic carbocycles. The summed E-state index contributed by atoms with van der Waals surface area (Å²) in [5.74, 6) is 1.01. The molecule has 0 saturated carbocycles. The van der Waals surface area contributed by atoms with Gasteiger partial charge in [-0.1, -0.05) is 12.1 Å². The molecule has 2 aromatic rings. The molecular weight excluding hydrogens is 278 g/mol. The van der Waals surface area contributed by atoms with Gasteiger partial charge in [-0.25, -0.2) is 9.98 Å². The maximum absolute atomic E-state index is 5.87. The lowest BCUT2D eigenvalue weighted by atomic mass is 10.2. The van der Waals surface area contributed by atoms with Crippen molar-refractivity contribution in [2.24, 2.45) is 10.7 Å². The summed E-state index contributed by atoms with van der Waals surface area (Å²) in [7, 11) is 0. The van der Waals surface area contributed by atoms with Gasteiger partial charge >= 0.3 is 0 Å². The number of hydrogen-bond acceptors (Lipinski definition) is 4. The lowest BCUT2D eigenvalue weighted by Gasteiger charge is -2.08. The molecular formula is C16H21N5O. The monoisotopic (exact) mass is 299 g/mol. The first-order valence-electron chi connectivity index (χ1n) is 7.30. The van der Waals surface area contributed by atoms with Crippen molar-refractivity contribution in [1.82, 2.24) is 15.3 Å². The van der Waals surface area contributed by atoms with Gasteiger partial charge in [-0.2, -0.15) is 0 Å². The normalized spacial score (nSPS) is 11.2. The highest BCUT2D eigenvalue weighted by atomic mass is 16.5. The van der Waals surface area contributed by atoms with Crippen LogP contribution in [-0.2, 0) is 13.0 Å². The van der Waals surface area contributed by atoms with Crippen molar-refractivity contribution in [3.8, 4) is 5.88 Å². The van der Waals surface area contributed by atoms with Gasteiger partial charge in [0.25, 0.3) is 0 Å². The zero-order chi connectivity index (χ0) is 15.6. The van der Waals surface area contributed by atoms with Gasteiger partial charge in [0.2, 0.25) is 5.88 Å². The molecule has 0 unspecified atom stereocenters. The Kier molecular flexibility index (Phi) is 6.17. The molecule has 22 heavy (non-hydrogen) atoms. The molecule has 0 bridgehead atoms. The van der Waals surface area contributed by atoms with Crippen LogP contribution in [0.3, 0.4) is 0 Å². The first kappa shape index (κ1) is 15.8. The van der Waals surface area contributed by atoms with E-state index in [1.807, 2.05) is 37.3 Å². The van der Waals surface area contributed by atoms with Crippen molar-refractivity contribution >= 4 is 5.96 Å². The molecule has 0 radical (unpaired) electrons. The summed E-state index contributed by atoms with van der Waals surface area (Å²) in [5, 5.41) is 3.08. The number of ether oxygens (including phenoxy) is 1. The standard InChI is InChI=1S/C16H21N5O/c1-2-22-15-13(6-5-10-19-15)12-21-16(17)20-11-8-14-7-3-4-9-18-14/h3-7,9-10H,2,8,11-12H2,1H3,(H3,17,20,21). The fraction of sp³-hybridized carbons (Fsp3) is 0.312. The Hall–Kier alpha value is -2.63. The molecule has 0 aliphatic heterocycles. The molecule has 0 aliphatic rings. The van der Waals surface area contributed by atoms with E-state index < -0.39 is 0 Å². The second kappa shape index (κ2) is 8.61. The Morgan fingerprint density at radius 1 is 1.23 bits per heavy atom. The summed E-state index contributed by atoms with van der Waals surface area (Å²) >= 11 is 0. The molecule has 0 atom stereocenters. The zero-order valence-electron chi connectivity index (χ0n) is 12.7. The third kappa shape index (κ3) is 5.05. The molecule has 2 rings (SSSR count). The van der Waals surface area contributed by atoms with Crippen LogP contribution >= 0.6 is 0 Å². The van der Waals surface area contributed by atoms with Crippen LogP contribution in [-0.4, -0.2) is 29.1 Å². The van der Waals surface area contributed by atoms with Crippen molar-refractivity contribution in [3.63, 3.8) is 0 Å². The lowest BCUT2D eigenvalue weighted by molar-refractivity contribution is 0.323. The van der Waals surface area contributed by atoms with Crippen LogP contribution in [0.2, 0.25) is 0 Å². The van der Waals surface area contributed by atoms with Crippen LogP contribution in [0.15, 0.2) is 47.7 Å². The first-order chi connectivity index (χ1) is 10.8. The fourth-order valence-corrected chi connectivity index (χ4v) is 1.90. The van der Waals surface area contributed by atoms with Gasteiger partial charge in [0, 0.05) is 36.6 Å². The van der Waals surface area contributed by atoms with Gasteiger partial charge in [0.1, 0.15) is 0 Å². The molecule has 2 heterocycles. The first-order valence-corrected chi connectivity index (χ1v) is 7.30. The molecule has 0 aromatic carbocycles. The minimum Gasteiger partial charge on any atom is -0.478 e. The zero-order valence-corrected chi connectivity index (χ0v) is 12.7. The number of nitrogens with zero attached hydrogens (tertiary/aromatic N) is 3. The maximum Gasteiger partial charge on any atom is 0.218 e. The molecule has 0 spiro atoms. The maximum atomic E-state index is 5.87. The predicted octanol–water partition coefficient (Wildman–Crippen LogP) is 1.52. The largest absolute Gasteiger partial charge is 0.478 e. The van der Waals surface area contributed by atoms with Crippen LogP contribution in [0.4, 0.5) is 0 Å². The predicted molar refractivity (Wildman–Crippen MR) is 86.7 cm³/mol. The van der Waals surface area contributed by atoms with Crippen LogP contribution in [0.1, 0.15) is 18.2 Å². The van der Waals surface area contributed by atoms with Gasteiger partial charge in [-0.15, -0.1) is 0 Å². The number of nitrogens with one attached hydrogen (secondary N) is 1. The Morgan fingerprint density at radius 2 is 2.09 bits per heavy atom. The average Bonchev–Trinajstić information content (AvgIpc) is 2.55. The Labute approximate surface area is 130 Å². The Balaban J connectivity index is 1.82. The van der Waals surface area contributed by atoms with Gasteiger partial charge < -0.3 is 15.8 Å². The van der Waals surface area contributed by atoms with Crippen molar-refractivity contribution in [1.29, 1.82) is 0 Å².